The van der Waals surface area contributed by atoms with Gasteiger partial charge < -0.3 is 4.90 Å². The smallest absolute Gasteiger partial charge is 0.140 e. The fourth-order valence-corrected chi connectivity index (χ4v) is 3.35. The van der Waals surface area contributed by atoms with Crippen molar-refractivity contribution in [2.45, 2.75) is 38.1 Å². The van der Waals surface area contributed by atoms with Crippen molar-refractivity contribution < 1.29 is 0 Å². The zero-order chi connectivity index (χ0) is 11.7. The van der Waals surface area contributed by atoms with E-state index in [0.717, 1.165) is 18.5 Å². The first-order valence-corrected chi connectivity index (χ1v) is 6.51. The topological polar surface area (TPSA) is 39.9 Å². The van der Waals surface area contributed by atoms with Gasteiger partial charge in [0.25, 0.3) is 0 Å². The summed E-state index contributed by atoms with van der Waals surface area (Å²) in [7, 11) is 0. The van der Waals surface area contributed by atoms with Crippen molar-refractivity contribution in [1.29, 1.82) is 5.26 Å². The molecule has 1 aromatic heterocycles. The molecule has 17 heavy (non-hydrogen) atoms. The molecule has 0 N–H and O–H groups in total. The summed E-state index contributed by atoms with van der Waals surface area (Å²) in [4.78, 5) is 6.67. The summed E-state index contributed by atoms with van der Waals surface area (Å²) in [6.45, 7) is 1.16. The van der Waals surface area contributed by atoms with Gasteiger partial charge in [0.1, 0.15) is 11.8 Å². The van der Waals surface area contributed by atoms with Gasteiger partial charge in [-0.05, 0) is 37.3 Å². The predicted octanol–water partition coefficient (Wildman–Crippen LogP) is 2.72. The second kappa shape index (κ2) is 4.37. The van der Waals surface area contributed by atoms with Gasteiger partial charge in [0, 0.05) is 12.6 Å². The number of hydrogen-bond acceptors (Lipinski definition) is 3. The lowest BCUT2D eigenvalue weighted by atomic mass is 9.85. The standard InChI is InChI=1S/C14H17N3/c15-9-12-5-6-13(10-16-12)17-8-7-11-3-1-2-4-14(11)17/h5-6,10-11,14H,1-4,7-8H2/t11-,14+/m0/s1. The molecule has 1 aliphatic carbocycles. The minimum Gasteiger partial charge on any atom is -0.367 e. The molecule has 2 aliphatic rings. The van der Waals surface area contributed by atoms with Crippen LogP contribution in [-0.4, -0.2) is 17.6 Å². The monoisotopic (exact) mass is 227 g/mol. The van der Waals surface area contributed by atoms with E-state index in [1.807, 2.05) is 18.3 Å². The van der Waals surface area contributed by atoms with Gasteiger partial charge in [-0.3, -0.25) is 0 Å². The van der Waals surface area contributed by atoms with E-state index >= 15 is 0 Å². The van der Waals surface area contributed by atoms with Gasteiger partial charge >= 0.3 is 0 Å². The van der Waals surface area contributed by atoms with Gasteiger partial charge in [-0.25, -0.2) is 4.98 Å². The normalized spacial score (nSPS) is 27.6. The van der Waals surface area contributed by atoms with E-state index in [1.165, 1.54) is 37.8 Å². The van der Waals surface area contributed by atoms with Crippen molar-refractivity contribution in [3.8, 4) is 6.07 Å². The second-order valence-electron chi connectivity index (χ2n) is 5.11. The highest BCUT2D eigenvalue weighted by Crippen LogP contribution is 2.38. The molecule has 0 radical (unpaired) electrons. The minimum absolute atomic E-state index is 0.508. The highest BCUT2D eigenvalue weighted by molar-refractivity contribution is 5.48. The van der Waals surface area contributed by atoms with Gasteiger partial charge in [0.2, 0.25) is 0 Å². The number of fused-ring (bicyclic) bond motifs is 1. The third-order valence-corrected chi connectivity index (χ3v) is 4.20. The summed E-state index contributed by atoms with van der Waals surface area (Å²) < 4.78 is 0. The maximum Gasteiger partial charge on any atom is 0.140 e. The van der Waals surface area contributed by atoms with Crippen LogP contribution in [0.25, 0.3) is 0 Å². The number of anilines is 1. The van der Waals surface area contributed by atoms with Gasteiger partial charge in [0.05, 0.1) is 11.9 Å². The maximum atomic E-state index is 8.76. The second-order valence-corrected chi connectivity index (χ2v) is 5.11. The molecule has 2 fully saturated rings. The Morgan fingerprint density at radius 3 is 2.88 bits per heavy atom. The Kier molecular flexibility index (Phi) is 2.72. The van der Waals surface area contributed by atoms with Crippen molar-refractivity contribution >= 4 is 5.69 Å². The lowest BCUT2D eigenvalue weighted by molar-refractivity contribution is 0.342. The zero-order valence-corrected chi connectivity index (χ0v) is 9.97. The number of hydrogen-bond donors (Lipinski definition) is 0. The SMILES string of the molecule is N#Cc1ccc(N2CC[C@@H]3CCCC[C@H]32)cn1. The van der Waals surface area contributed by atoms with Crippen molar-refractivity contribution in [1.82, 2.24) is 4.98 Å². The molecule has 0 aromatic carbocycles. The quantitative estimate of drug-likeness (QED) is 0.740. The van der Waals surface area contributed by atoms with E-state index in [4.69, 9.17) is 5.26 Å². The minimum atomic E-state index is 0.508. The first kappa shape index (κ1) is 10.6. The van der Waals surface area contributed by atoms with E-state index < -0.39 is 0 Å². The molecular weight excluding hydrogens is 210 g/mol. The fourth-order valence-electron chi connectivity index (χ4n) is 3.35. The van der Waals surface area contributed by atoms with Crippen LogP contribution >= 0.6 is 0 Å². The van der Waals surface area contributed by atoms with Crippen LogP contribution in [0, 0.1) is 17.2 Å². The molecule has 88 valence electrons. The third-order valence-electron chi connectivity index (χ3n) is 4.20. The molecular formula is C14H17N3. The number of aromatic nitrogens is 1. The number of pyridine rings is 1. The Balaban J connectivity index is 1.81. The first-order chi connectivity index (χ1) is 8.38. The van der Waals surface area contributed by atoms with Crippen molar-refractivity contribution in [2.24, 2.45) is 5.92 Å². The van der Waals surface area contributed by atoms with E-state index in [-0.39, 0.29) is 0 Å². The van der Waals surface area contributed by atoms with Gasteiger partial charge in [-0.1, -0.05) is 12.8 Å². The summed E-state index contributed by atoms with van der Waals surface area (Å²) in [6.07, 6.45) is 8.66. The van der Waals surface area contributed by atoms with E-state index in [9.17, 15) is 0 Å². The molecule has 0 amide bonds. The van der Waals surface area contributed by atoms with Crippen LogP contribution in [0.4, 0.5) is 5.69 Å². The molecule has 2 heterocycles. The Hall–Kier alpha value is -1.56. The Labute approximate surface area is 102 Å². The zero-order valence-electron chi connectivity index (χ0n) is 9.97. The van der Waals surface area contributed by atoms with Crippen molar-refractivity contribution in [2.75, 3.05) is 11.4 Å². The lowest BCUT2D eigenvalue weighted by Gasteiger charge is -2.32. The van der Waals surface area contributed by atoms with E-state index in [2.05, 4.69) is 16.0 Å². The maximum absolute atomic E-state index is 8.76. The molecule has 3 rings (SSSR count). The van der Waals surface area contributed by atoms with Gasteiger partial charge in [0.15, 0.2) is 0 Å². The Bertz CT molecular complexity index is 432. The highest BCUT2D eigenvalue weighted by Gasteiger charge is 2.35. The molecule has 1 aromatic rings. The van der Waals surface area contributed by atoms with Crippen LogP contribution in [0.1, 0.15) is 37.8 Å². The lowest BCUT2D eigenvalue weighted by Crippen LogP contribution is -2.34. The Morgan fingerprint density at radius 1 is 1.24 bits per heavy atom. The predicted molar refractivity (Wildman–Crippen MR) is 66.7 cm³/mol. The highest BCUT2D eigenvalue weighted by atomic mass is 15.2. The van der Waals surface area contributed by atoms with Crippen LogP contribution < -0.4 is 4.90 Å². The van der Waals surface area contributed by atoms with Crippen LogP contribution in [-0.2, 0) is 0 Å². The third kappa shape index (κ3) is 1.88. The molecule has 1 saturated carbocycles. The molecule has 0 spiro atoms. The van der Waals surface area contributed by atoms with Crippen LogP contribution in [0.2, 0.25) is 0 Å². The van der Waals surface area contributed by atoms with Gasteiger partial charge in [-0.2, -0.15) is 5.26 Å². The van der Waals surface area contributed by atoms with E-state index in [0.29, 0.717) is 5.69 Å². The van der Waals surface area contributed by atoms with E-state index in [1.54, 1.807) is 0 Å². The van der Waals surface area contributed by atoms with Crippen molar-refractivity contribution in [3.63, 3.8) is 0 Å². The summed E-state index contributed by atoms with van der Waals surface area (Å²) in [6, 6.07) is 6.66. The van der Waals surface area contributed by atoms with Crippen LogP contribution in [0.15, 0.2) is 18.3 Å². The average Bonchev–Trinajstić information content (AvgIpc) is 2.83. The summed E-state index contributed by atoms with van der Waals surface area (Å²) in [5.74, 6) is 0.888. The van der Waals surface area contributed by atoms with Crippen LogP contribution in [0.5, 0.6) is 0 Å². The van der Waals surface area contributed by atoms with Crippen molar-refractivity contribution in [3.05, 3.63) is 24.0 Å². The Morgan fingerprint density at radius 2 is 2.12 bits per heavy atom. The van der Waals surface area contributed by atoms with Gasteiger partial charge in [-0.15, -0.1) is 0 Å². The molecule has 3 heteroatoms. The average molecular weight is 227 g/mol. The number of rotatable bonds is 1. The summed E-state index contributed by atoms with van der Waals surface area (Å²) in [5, 5.41) is 8.76. The number of nitriles is 1. The molecule has 1 aliphatic heterocycles. The molecule has 0 bridgehead atoms. The van der Waals surface area contributed by atoms with Crippen LogP contribution in [0.3, 0.4) is 0 Å². The molecule has 1 saturated heterocycles. The first-order valence-electron chi connectivity index (χ1n) is 6.51. The molecule has 3 nitrogen and oxygen atoms in total. The summed E-state index contributed by atoms with van der Waals surface area (Å²) >= 11 is 0. The largest absolute Gasteiger partial charge is 0.367 e. The molecule has 0 unspecified atom stereocenters. The molecule has 2 atom stereocenters. The fraction of sp³-hybridized carbons (Fsp3) is 0.571. The number of nitrogens with zero attached hydrogens (tertiary/aromatic N) is 3. The summed E-state index contributed by atoms with van der Waals surface area (Å²) in [5.41, 5.74) is 1.70.